The summed E-state index contributed by atoms with van der Waals surface area (Å²) >= 11 is 0. The number of likely N-dealkylation sites (tertiary alicyclic amines) is 1. The topological polar surface area (TPSA) is 43.7 Å². The highest BCUT2D eigenvalue weighted by molar-refractivity contribution is 5.14. The van der Waals surface area contributed by atoms with Gasteiger partial charge in [0, 0.05) is 19.2 Å². The molecule has 3 heteroatoms. The maximum atomic E-state index is 10.1. The Morgan fingerprint density at radius 2 is 2.00 bits per heavy atom. The van der Waals surface area contributed by atoms with Gasteiger partial charge in [0.2, 0.25) is 0 Å². The molecule has 2 atom stereocenters. The summed E-state index contributed by atoms with van der Waals surface area (Å²) in [6, 6.07) is 10.6. The van der Waals surface area contributed by atoms with Gasteiger partial charge in [0.15, 0.2) is 0 Å². The van der Waals surface area contributed by atoms with Gasteiger partial charge in [-0.05, 0) is 31.4 Å². The number of nitrogens with zero attached hydrogens (tertiary/aromatic N) is 1. The zero-order chi connectivity index (χ0) is 12.8. The quantitative estimate of drug-likeness (QED) is 0.836. The Hall–Kier alpha value is -0.900. The highest BCUT2D eigenvalue weighted by atomic mass is 16.3. The molecule has 1 fully saturated rings. The number of hydrogen-bond acceptors (Lipinski definition) is 3. The van der Waals surface area contributed by atoms with E-state index in [9.17, 15) is 5.11 Å². The second-order valence-electron chi connectivity index (χ2n) is 5.10. The molecular formula is C15H23NO2. The van der Waals surface area contributed by atoms with Gasteiger partial charge in [0.25, 0.3) is 0 Å². The minimum atomic E-state index is -0.404. The first-order valence-electron chi connectivity index (χ1n) is 6.88. The number of benzene rings is 1. The predicted molar refractivity (Wildman–Crippen MR) is 72.2 cm³/mol. The summed E-state index contributed by atoms with van der Waals surface area (Å²) in [5, 5.41) is 19.1. The first-order chi connectivity index (χ1) is 8.81. The van der Waals surface area contributed by atoms with Gasteiger partial charge in [-0.15, -0.1) is 0 Å². The third-order valence-corrected chi connectivity index (χ3v) is 3.76. The van der Waals surface area contributed by atoms with E-state index in [1.165, 1.54) is 18.4 Å². The zero-order valence-electron chi connectivity index (χ0n) is 10.8. The van der Waals surface area contributed by atoms with Crippen LogP contribution >= 0.6 is 0 Å². The lowest BCUT2D eigenvalue weighted by Crippen LogP contribution is -2.46. The molecule has 0 radical (unpaired) electrons. The SMILES string of the molecule is OCC[C@H](O)[C@@H]1CCCCN1Cc1ccccc1. The fraction of sp³-hybridized carbons (Fsp3) is 0.600. The van der Waals surface area contributed by atoms with Gasteiger partial charge in [-0.2, -0.15) is 0 Å². The van der Waals surface area contributed by atoms with Gasteiger partial charge in [-0.3, -0.25) is 4.90 Å². The summed E-state index contributed by atoms with van der Waals surface area (Å²) in [7, 11) is 0. The standard InChI is InChI=1S/C15H23NO2/c17-11-9-15(18)14-8-4-5-10-16(14)12-13-6-2-1-3-7-13/h1-3,6-7,14-15,17-18H,4-5,8-12H2/t14-,15-/m0/s1. The highest BCUT2D eigenvalue weighted by Crippen LogP contribution is 2.23. The molecule has 18 heavy (non-hydrogen) atoms. The van der Waals surface area contributed by atoms with E-state index in [0.29, 0.717) is 6.42 Å². The molecule has 0 aliphatic carbocycles. The fourth-order valence-corrected chi connectivity index (χ4v) is 2.79. The Bertz CT molecular complexity index is 342. The summed E-state index contributed by atoms with van der Waals surface area (Å²) < 4.78 is 0. The van der Waals surface area contributed by atoms with Crippen molar-refractivity contribution < 1.29 is 10.2 Å². The van der Waals surface area contributed by atoms with E-state index in [2.05, 4.69) is 29.2 Å². The largest absolute Gasteiger partial charge is 0.396 e. The van der Waals surface area contributed by atoms with Crippen LogP contribution in [0.1, 0.15) is 31.2 Å². The Kier molecular flexibility index (Phi) is 5.17. The van der Waals surface area contributed by atoms with Gasteiger partial charge in [0.05, 0.1) is 6.10 Å². The molecule has 2 N–H and O–H groups in total. The van der Waals surface area contributed by atoms with Crippen LogP contribution in [0.25, 0.3) is 0 Å². The molecule has 0 amide bonds. The molecule has 0 aromatic heterocycles. The molecule has 0 unspecified atom stereocenters. The van der Waals surface area contributed by atoms with Gasteiger partial charge in [0.1, 0.15) is 0 Å². The second kappa shape index (κ2) is 6.88. The summed E-state index contributed by atoms with van der Waals surface area (Å²) in [5.74, 6) is 0. The van der Waals surface area contributed by atoms with E-state index in [-0.39, 0.29) is 12.6 Å². The third-order valence-electron chi connectivity index (χ3n) is 3.76. The van der Waals surface area contributed by atoms with Crippen LogP contribution in [0, 0.1) is 0 Å². The summed E-state index contributed by atoms with van der Waals surface area (Å²) in [6.07, 6.45) is 3.50. The van der Waals surface area contributed by atoms with Crippen LogP contribution in [0.15, 0.2) is 30.3 Å². The molecule has 1 aliphatic rings. The average molecular weight is 249 g/mol. The lowest BCUT2D eigenvalue weighted by atomic mass is 9.95. The monoisotopic (exact) mass is 249 g/mol. The van der Waals surface area contributed by atoms with E-state index < -0.39 is 6.10 Å². The van der Waals surface area contributed by atoms with E-state index in [1.54, 1.807) is 0 Å². The smallest absolute Gasteiger partial charge is 0.0717 e. The number of piperidine rings is 1. The maximum absolute atomic E-state index is 10.1. The van der Waals surface area contributed by atoms with Crippen LogP contribution in [-0.2, 0) is 6.54 Å². The minimum absolute atomic E-state index is 0.0663. The van der Waals surface area contributed by atoms with Gasteiger partial charge in [-0.25, -0.2) is 0 Å². The minimum Gasteiger partial charge on any atom is -0.396 e. The van der Waals surface area contributed by atoms with Crippen molar-refractivity contribution >= 4 is 0 Å². The van der Waals surface area contributed by atoms with Crippen molar-refractivity contribution in [2.24, 2.45) is 0 Å². The Morgan fingerprint density at radius 3 is 2.72 bits per heavy atom. The first-order valence-corrected chi connectivity index (χ1v) is 6.88. The molecule has 1 heterocycles. The Labute approximate surface area is 109 Å². The summed E-state index contributed by atoms with van der Waals surface area (Å²) in [5.41, 5.74) is 1.29. The Balaban J connectivity index is 1.99. The van der Waals surface area contributed by atoms with Crippen LogP contribution in [-0.4, -0.2) is 40.4 Å². The van der Waals surface area contributed by atoms with Crippen molar-refractivity contribution in [1.29, 1.82) is 0 Å². The predicted octanol–water partition coefficient (Wildman–Crippen LogP) is 1.78. The van der Waals surface area contributed by atoms with E-state index >= 15 is 0 Å². The van der Waals surface area contributed by atoms with Gasteiger partial charge >= 0.3 is 0 Å². The summed E-state index contributed by atoms with van der Waals surface area (Å²) in [6.45, 7) is 2.01. The van der Waals surface area contributed by atoms with E-state index in [1.807, 2.05) is 6.07 Å². The van der Waals surface area contributed by atoms with Crippen molar-refractivity contribution in [1.82, 2.24) is 4.90 Å². The molecule has 3 nitrogen and oxygen atoms in total. The molecule has 0 spiro atoms. The van der Waals surface area contributed by atoms with Crippen molar-refractivity contribution in [2.45, 2.75) is 44.4 Å². The van der Waals surface area contributed by atoms with Crippen molar-refractivity contribution in [3.8, 4) is 0 Å². The van der Waals surface area contributed by atoms with E-state index in [4.69, 9.17) is 5.11 Å². The molecule has 1 aromatic rings. The molecule has 1 aliphatic heterocycles. The zero-order valence-corrected chi connectivity index (χ0v) is 10.8. The van der Waals surface area contributed by atoms with Crippen molar-refractivity contribution in [3.05, 3.63) is 35.9 Å². The van der Waals surface area contributed by atoms with Crippen molar-refractivity contribution in [2.75, 3.05) is 13.2 Å². The van der Waals surface area contributed by atoms with Crippen LogP contribution in [0.4, 0.5) is 0 Å². The summed E-state index contributed by atoms with van der Waals surface area (Å²) in [4.78, 5) is 2.36. The van der Waals surface area contributed by atoms with Crippen LogP contribution < -0.4 is 0 Å². The van der Waals surface area contributed by atoms with Gasteiger partial charge in [-0.1, -0.05) is 36.8 Å². The van der Waals surface area contributed by atoms with Crippen LogP contribution in [0.2, 0.25) is 0 Å². The lowest BCUT2D eigenvalue weighted by molar-refractivity contribution is 0.00865. The molecule has 2 rings (SSSR count). The molecule has 0 saturated carbocycles. The van der Waals surface area contributed by atoms with E-state index in [0.717, 1.165) is 19.5 Å². The van der Waals surface area contributed by atoms with Crippen molar-refractivity contribution in [3.63, 3.8) is 0 Å². The van der Waals surface area contributed by atoms with Crippen LogP contribution in [0.3, 0.4) is 0 Å². The molecule has 0 bridgehead atoms. The van der Waals surface area contributed by atoms with Crippen LogP contribution in [0.5, 0.6) is 0 Å². The number of aliphatic hydroxyl groups excluding tert-OH is 2. The fourth-order valence-electron chi connectivity index (χ4n) is 2.79. The highest BCUT2D eigenvalue weighted by Gasteiger charge is 2.28. The molecule has 100 valence electrons. The number of hydrogen-bond donors (Lipinski definition) is 2. The third kappa shape index (κ3) is 3.55. The lowest BCUT2D eigenvalue weighted by Gasteiger charge is -2.38. The second-order valence-corrected chi connectivity index (χ2v) is 5.10. The number of rotatable bonds is 5. The molecule has 1 aromatic carbocycles. The Morgan fingerprint density at radius 1 is 1.22 bits per heavy atom. The first kappa shape index (κ1) is 13.5. The van der Waals surface area contributed by atoms with Gasteiger partial charge < -0.3 is 10.2 Å². The normalized spacial score (nSPS) is 22.9. The molecular weight excluding hydrogens is 226 g/mol. The maximum Gasteiger partial charge on any atom is 0.0717 e. The molecule has 1 saturated heterocycles. The average Bonchev–Trinajstić information content (AvgIpc) is 2.41. The number of aliphatic hydroxyl groups is 2.